The summed E-state index contributed by atoms with van der Waals surface area (Å²) in [6.07, 6.45) is 2.00. The van der Waals surface area contributed by atoms with Crippen molar-refractivity contribution >= 4 is 5.82 Å². The molecule has 0 spiro atoms. The average molecular weight is 167 g/mol. The molecule has 5 nitrogen and oxygen atoms in total. The van der Waals surface area contributed by atoms with Gasteiger partial charge in [-0.15, -0.1) is 6.58 Å². The summed E-state index contributed by atoms with van der Waals surface area (Å²) >= 11 is 0. The van der Waals surface area contributed by atoms with Crippen molar-refractivity contribution in [2.24, 2.45) is 0 Å². The van der Waals surface area contributed by atoms with E-state index in [-0.39, 0.29) is 5.82 Å². The second-order valence-electron chi connectivity index (χ2n) is 2.37. The number of allylic oxidation sites excluding steroid dienone is 1. The normalized spacial score (nSPS) is 9.75. The summed E-state index contributed by atoms with van der Waals surface area (Å²) in [7, 11) is 0. The molecule has 1 rings (SSSR count). The molecule has 0 atom stereocenters. The van der Waals surface area contributed by atoms with Gasteiger partial charge in [-0.05, 0) is 4.92 Å². The number of aromatic nitrogens is 2. The molecule has 12 heavy (non-hydrogen) atoms. The van der Waals surface area contributed by atoms with E-state index in [0.29, 0.717) is 17.9 Å². The van der Waals surface area contributed by atoms with E-state index < -0.39 is 4.92 Å². The van der Waals surface area contributed by atoms with Crippen LogP contribution in [0.15, 0.2) is 12.7 Å². The standard InChI is InChI=1S/C7H9N3O2/c1-3-4-6-7(10(11)12)9-5(2)8-6/h3H,1,4H2,2H3,(H,8,9). The molecule has 5 heteroatoms. The van der Waals surface area contributed by atoms with Gasteiger partial charge in [-0.1, -0.05) is 6.08 Å². The largest absolute Gasteiger partial charge is 0.358 e. The monoisotopic (exact) mass is 167 g/mol. The smallest absolute Gasteiger partial charge is 0.344 e. The first kappa shape index (κ1) is 8.45. The Morgan fingerprint density at radius 2 is 2.50 bits per heavy atom. The quantitative estimate of drug-likeness (QED) is 0.419. The molecule has 0 bridgehead atoms. The topological polar surface area (TPSA) is 71.8 Å². The number of aromatic amines is 1. The number of hydrogen-bond acceptors (Lipinski definition) is 3. The molecule has 0 aliphatic rings. The number of nitrogens with zero attached hydrogens (tertiary/aromatic N) is 2. The summed E-state index contributed by atoms with van der Waals surface area (Å²) in [6.45, 7) is 5.17. The average Bonchev–Trinajstić information content (AvgIpc) is 2.32. The lowest BCUT2D eigenvalue weighted by Crippen LogP contribution is -1.92. The molecular formula is C7H9N3O2. The van der Waals surface area contributed by atoms with Crippen LogP contribution in [0.2, 0.25) is 0 Å². The molecule has 0 fully saturated rings. The van der Waals surface area contributed by atoms with Gasteiger partial charge in [0, 0.05) is 13.3 Å². The molecule has 1 heterocycles. The number of nitro groups is 1. The van der Waals surface area contributed by atoms with E-state index in [0.717, 1.165) is 0 Å². The summed E-state index contributed by atoms with van der Waals surface area (Å²) in [5.74, 6) is 0.519. The number of imidazole rings is 1. The Hall–Kier alpha value is -1.65. The lowest BCUT2D eigenvalue weighted by Gasteiger charge is -1.91. The van der Waals surface area contributed by atoms with E-state index in [1.807, 2.05) is 0 Å². The fraction of sp³-hybridized carbons (Fsp3) is 0.286. The summed E-state index contributed by atoms with van der Waals surface area (Å²) < 4.78 is 0. The molecule has 0 radical (unpaired) electrons. The molecule has 64 valence electrons. The van der Waals surface area contributed by atoms with Crippen molar-refractivity contribution in [3.63, 3.8) is 0 Å². The van der Waals surface area contributed by atoms with Crippen LogP contribution in [0.4, 0.5) is 5.82 Å². The van der Waals surface area contributed by atoms with Crippen molar-refractivity contribution in [1.82, 2.24) is 9.97 Å². The molecule has 1 N–H and O–H groups in total. The van der Waals surface area contributed by atoms with Gasteiger partial charge in [0.1, 0.15) is 5.69 Å². The van der Waals surface area contributed by atoms with Gasteiger partial charge in [-0.2, -0.15) is 0 Å². The van der Waals surface area contributed by atoms with E-state index >= 15 is 0 Å². The highest BCUT2D eigenvalue weighted by atomic mass is 16.6. The van der Waals surface area contributed by atoms with Crippen molar-refractivity contribution in [3.8, 4) is 0 Å². The predicted octanol–water partition coefficient (Wildman–Crippen LogP) is 1.35. The van der Waals surface area contributed by atoms with Crippen LogP contribution in [-0.2, 0) is 6.42 Å². The minimum atomic E-state index is -0.473. The van der Waals surface area contributed by atoms with E-state index in [9.17, 15) is 10.1 Å². The van der Waals surface area contributed by atoms with Crippen molar-refractivity contribution in [3.05, 3.63) is 34.3 Å². The third kappa shape index (κ3) is 1.50. The number of nitrogens with one attached hydrogen (secondary N) is 1. The first-order valence-corrected chi connectivity index (χ1v) is 3.46. The van der Waals surface area contributed by atoms with Crippen LogP contribution < -0.4 is 0 Å². The van der Waals surface area contributed by atoms with Crippen LogP contribution in [0.25, 0.3) is 0 Å². The van der Waals surface area contributed by atoms with Crippen LogP contribution in [0.3, 0.4) is 0 Å². The molecular weight excluding hydrogens is 158 g/mol. The summed E-state index contributed by atoms with van der Waals surface area (Å²) in [5.41, 5.74) is 0.438. The van der Waals surface area contributed by atoms with Crippen molar-refractivity contribution in [1.29, 1.82) is 0 Å². The predicted molar refractivity (Wildman–Crippen MR) is 43.9 cm³/mol. The lowest BCUT2D eigenvalue weighted by atomic mass is 10.3. The van der Waals surface area contributed by atoms with Crippen LogP contribution in [0, 0.1) is 17.0 Å². The van der Waals surface area contributed by atoms with Gasteiger partial charge >= 0.3 is 5.82 Å². The molecule has 1 aromatic rings. The van der Waals surface area contributed by atoms with Gasteiger partial charge in [0.15, 0.2) is 5.82 Å². The van der Waals surface area contributed by atoms with Gasteiger partial charge in [0.2, 0.25) is 0 Å². The second-order valence-corrected chi connectivity index (χ2v) is 2.37. The third-order valence-electron chi connectivity index (χ3n) is 1.40. The highest BCUT2D eigenvalue weighted by Crippen LogP contribution is 2.15. The zero-order valence-corrected chi connectivity index (χ0v) is 6.70. The Morgan fingerprint density at radius 1 is 1.83 bits per heavy atom. The molecule has 0 saturated carbocycles. The first-order chi connectivity index (χ1) is 5.65. The zero-order chi connectivity index (χ0) is 9.14. The Bertz CT molecular complexity index is 316. The van der Waals surface area contributed by atoms with E-state index in [2.05, 4.69) is 16.5 Å². The van der Waals surface area contributed by atoms with Crippen LogP contribution in [0.1, 0.15) is 11.5 Å². The maximum absolute atomic E-state index is 10.4. The summed E-state index contributed by atoms with van der Waals surface area (Å²) in [4.78, 5) is 16.5. The van der Waals surface area contributed by atoms with Crippen molar-refractivity contribution in [2.45, 2.75) is 13.3 Å². The first-order valence-electron chi connectivity index (χ1n) is 3.46. The molecule has 0 aliphatic heterocycles. The van der Waals surface area contributed by atoms with Crippen LogP contribution in [0.5, 0.6) is 0 Å². The van der Waals surface area contributed by atoms with Crippen LogP contribution >= 0.6 is 0 Å². The maximum Gasteiger partial charge on any atom is 0.344 e. The summed E-state index contributed by atoms with van der Waals surface area (Å²) in [6, 6.07) is 0. The van der Waals surface area contributed by atoms with Gasteiger partial charge in [-0.3, -0.25) is 0 Å². The fourth-order valence-electron chi connectivity index (χ4n) is 0.957. The Balaban J connectivity index is 3.07. The van der Waals surface area contributed by atoms with Gasteiger partial charge in [0.25, 0.3) is 0 Å². The Labute approximate surface area is 69.3 Å². The minimum absolute atomic E-state index is 0.0348. The highest BCUT2D eigenvalue weighted by molar-refractivity contribution is 5.29. The molecule has 0 aliphatic carbocycles. The number of H-pyrrole nitrogens is 1. The minimum Gasteiger partial charge on any atom is -0.358 e. The number of rotatable bonds is 3. The fourth-order valence-corrected chi connectivity index (χ4v) is 0.957. The Morgan fingerprint density at radius 3 is 3.00 bits per heavy atom. The van der Waals surface area contributed by atoms with Crippen molar-refractivity contribution < 1.29 is 4.92 Å². The maximum atomic E-state index is 10.4. The highest BCUT2D eigenvalue weighted by Gasteiger charge is 2.15. The van der Waals surface area contributed by atoms with Crippen LogP contribution in [-0.4, -0.2) is 14.9 Å². The number of aryl methyl sites for hydroxylation is 1. The van der Waals surface area contributed by atoms with Gasteiger partial charge in [-0.25, -0.2) is 9.97 Å². The third-order valence-corrected chi connectivity index (χ3v) is 1.40. The number of hydrogen-bond donors (Lipinski definition) is 1. The molecule has 0 saturated heterocycles. The molecule has 0 amide bonds. The van der Waals surface area contributed by atoms with E-state index in [1.54, 1.807) is 13.0 Å². The zero-order valence-electron chi connectivity index (χ0n) is 6.70. The molecule has 1 aromatic heterocycles. The Kier molecular flexibility index (Phi) is 2.23. The van der Waals surface area contributed by atoms with E-state index in [4.69, 9.17) is 0 Å². The summed E-state index contributed by atoms with van der Waals surface area (Å²) in [5, 5.41) is 10.4. The van der Waals surface area contributed by atoms with Crippen molar-refractivity contribution in [2.75, 3.05) is 0 Å². The molecule has 0 unspecified atom stereocenters. The van der Waals surface area contributed by atoms with Gasteiger partial charge < -0.3 is 10.1 Å². The SMILES string of the molecule is C=CCc1nc(C)[nH]c1[N+](=O)[O-]. The van der Waals surface area contributed by atoms with Gasteiger partial charge in [0.05, 0.1) is 0 Å². The lowest BCUT2D eigenvalue weighted by molar-refractivity contribution is -0.390. The van der Waals surface area contributed by atoms with E-state index in [1.165, 1.54) is 0 Å². The molecule has 0 aromatic carbocycles. The second kappa shape index (κ2) is 3.17.